The van der Waals surface area contributed by atoms with Crippen molar-refractivity contribution in [3.63, 3.8) is 0 Å². The zero-order valence-corrected chi connectivity index (χ0v) is 29.1. The van der Waals surface area contributed by atoms with Gasteiger partial charge in [-0.1, -0.05) is 139 Å². The van der Waals surface area contributed by atoms with Gasteiger partial charge in [-0.15, -0.1) is 26.3 Å². The fraction of sp³-hybridized carbons (Fsp3) is 0.550. The number of hydrogen-bond donors (Lipinski definition) is 3. The number of benzene rings is 2. The van der Waals surface area contributed by atoms with Crippen LogP contribution < -0.4 is 0 Å². The summed E-state index contributed by atoms with van der Waals surface area (Å²) in [5.41, 5.74) is 1.90. The average molecular weight is 603 g/mol. The summed E-state index contributed by atoms with van der Waals surface area (Å²) < 4.78 is 0. The standard InChI is InChI=1S/C10H20O.C8H10.C7H14O.C7H8O.C3H8.C3H6.C2H4.2H2/c1-4-5-6-7-8-9-10(2,3)11;1-2-8-6-4-3-5-7-8;8-6-5-7-3-1-2-4-7;8-6-7-4-2-1-3-5-7;2*1-3-2;1-2;;/h4,11H,1,5-9H2,2-3H3;3-7H,2H2,1H3;7-8H,1-6H2;1-5,8H,6H2;3H2,1-2H3;3H,1H2,2H3;1-2H2;2*1H. The van der Waals surface area contributed by atoms with Crippen molar-refractivity contribution in [1.82, 2.24) is 0 Å². The van der Waals surface area contributed by atoms with Crippen LogP contribution >= 0.6 is 0 Å². The molecule has 0 radical (unpaired) electrons. The van der Waals surface area contributed by atoms with Crippen LogP contribution in [0.1, 0.15) is 126 Å². The van der Waals surface area contributed by atoms with E-state index in [0.717, 1.165) is 43.6 Å². The second-order valence-corrected chi connectivity index (χ2v) is 11.0. The van der Waals surface area contributed by atoms with Crippen LogP contribution in [-0.4, -0.2) is 27.5 Å². The number of allylic oxidation sites excluding steroid dienone is 2. The first-order chi connectivity index (χ1) is 20.7. The first kappa shape index (κ1) is 47.5. The molecule has 43 heavy (non-hydrogen) atoms. The van der Waals surface area contributed by atoms with Crippen molar-refractivity contribution in [3.05, 3.63) is 110 Å². The number of unbranched alkanes of at least 4 members (excludes halogenated alkanes) is 3. The molecular weight excluding hydrogens is 528 g/mol. The predicted molar refractivity (Wildman–Crippen MR) is 199 cm³/mol. The number of rotatable bonds is 10. The van der Waals surface area contributed by atoms with Crippen molar-refractivity contribution in [3.8, 4) is 0 Å². The highest BCUT2D eigenvalue weighted by Crippen LogP contribution is 2.26. The molecule has 0 unspecified atom stereocenters. The number of hydrogen-bond acceptors (Lipinski definition) is 3. The molecule has 1 aliphatic rings. The Morgan fingerprint density at radius 2 is 1.26 bits per heavy atom. The summed E-state index contributed by atoms with van der Waals surface area (Å²) in [6.07, 6.45) is 18.2. The van der Waals surface area contributed by atoms with Crippen molar-refractivity contribution < 1.29 is 18.2 Å². The van der Waals surface area contributed by atoms with E-state index < -0.39 is 5.60 Å². The molecule has 3 nitrogen and oxygen atoms in total. The summed E-state index contributed by atoms with van der Waals surface area (Å²) in [7, 11) is 0. The zero-order chi connectivity index (χ0) is 33.6. The zero-order valence-electron chi connectivity index (χ0n) is 29.1. The van der Waals surface area contributed by atoms with Crippen LogP contribution in [0.5, 0.6) is 0 Å². The predicted octanol–water partition coefficient (Wildman–Crippen LogP) is 11.8. The Labute approximate surface area is 271 Å². The van der Waals surface area contributed by atoms with Crippen LogP contribution in [0.2, 0.25) is 0 Å². The van der Waals surface area contributed by atoms with E-state index in [2.05, 4.69) is 71.4 Å². The molecule has 0 amide bonds. The molecular formula is C40H74O3. The SMILES string of the molecule is C=C.C=CC.C=CCCCCCC(C)(C)O.CCC.CCc1ccccc1.OCCC1CCCC1.OCc1ccccc1.[HH].[HH]. The molecule has 3 heteroatoms. The van der Waals surface area contributed by atoms with E-state index in [0.29, 0.717) is 6.61 Å². The van der Waals surface area contributed by atoms with Crippen molar-refractivity contribution >= 4 is 0 Å². The van der Waals surface area contributed by atoms with Gasteiger partial charge >= 0.3 is 0 Å². The number of aliphatic hydroxyl groups is 3. The molecule has 0 bridgehead atoms. The van der Waals surface area contributed by atoms with Crippen molar-refractivity contribution in [2.24, 2.45) is 5.92 Å². The van der Waals surface area contributed by atoms with Crippen LogP contribution in [0.15, 0.2) is 99.1 Å². The van der Waals surface area contributed by atoms with Crippen molar-refractivity contribution in [2.75, 3.05) is 6.61 Å². The lowest BCUT2D eigenvalue weighted by Crippen LogP contribution is -2.17. The van der Waals surface area contributed by atoms with Gasteiger partial charge in [0.1, 0.15) is 0 Å². The maximum atomic E-state index is 9.35. The molecule has 0 aromatic heterocycles. The van der Waals surface area contributed by atoms with E-state index >= 15 is 0 Å². The summed E-state index contributed by atoms with van der Waals surface area (Å²) >= 11 is 0. The molecule has 1 fully saturated rings. The van der Waals surface area contributed by atoms with Crippen LogP contribution in [0.25, 0.3) is 0 Å². The monoisotopic (exact) mass is 603 g/mol. The van der Waals surface area contributed by atoms with E-state index in [1.54, 1.807) is 6.08 Å². The molecule has 2 aromatic carbocycles. The summed E-state index contributed by atoms with van der Waals surface area (Å²) in [5, 5.41) is 26.4. The average Bonchev–Trinajstić information content (AvgIpc) is 3.54. The van der Waals surface area contributed by atoms with E-state index in [1.807, 2.05) is 63.2 Å². The van der Waals surface area contributed by atoms with Crippen molar-refractivity contribution in [2.45, 2.75) is 131 Å². The second kappa shape index (κ2) is 39.5. The molecule has 0 saturated heterocycles. The molecule has 1 aliphatic carbocycles. The Bertz CT molecular complexity index is 732. The van der Waals surface area contributed by atoms with Gasteiger partial charge in [-0.3, -0.25) is 0 Å². The van der Waals surface area contributed by atoms with E-state index in [1.165, 1.54) is 50.5 Å². The van der Waals surface area contributed by atoms with Crippen LogP contribution in [0.3, 0.4) is 0 Å². The third kappa shape index (κ3) is 44.1. The molecule has 3 rings (SSSR count). The number of aryl methyl sites for hydroxylation is 1. The van der Waals surface area contributed by atoms with Gasteiger partial charge < -0.3 is 15.3 Å². The van der Waals surface area contributed by atoms with Gasteiger partial charge in [0.15, 0.2) is 0 Å². The molecule has 0 heterocycles. The third-order valence-electron chi connectivity index (χ3n) is 5.99. The maximum absolute atomic E-state index is 9.35. The van der Waals surface area contributed by atoms with E-state index in [9.17, 15) is 5.11 Å². The topological polar surface area (TPSA) is 60.7 Å². The molecule has 0 atom stereocenters. The highest BCUT2D eigenvalue weighted by atomic mass is 16.3. The van der Waals surface area contributed by atoms with Crippen LogP contribution in [0.4, 0.5) is 0 Å². The number of aliphatic hydroxyl groups excluding tert-OH is 2. The largest absolute Gasteiger partial charge is 0.396 e. The lowest BCUT2D eigenvalue weighted by atomic mass is 10.0. The third-order valence-corrected chi connectivity index (χ3v) is 5.99. The van der Waals surface area contributed by atoms with E-state index in [4.69, 9.17) is 10.2 Å². The Hall–Kier alpha value is -2.46. The normalized spacial score (nSPS) is 11.3. The minimum Gasteiger partial charge on any atom is -0.396 e. The molecule has 252 valence electrons. The second-order valence-electron chi connectivity index (χ2n) is 11.0. The van der Waals surface area contributed by atoms with Gasteiger partial charge in [-0.05, 0) is 69.9 Å². The highest BCUT2D eigenvalue weighted by molar-refractivity contribution is 5.14. The molecule has 0 spiro atoms. The summed E-state index contributed by atoms with van der Waals surface area (Å²) in [6.45, 7) is 25.6. The Kier molecular flexibility index (Phi) is 43.7. The highest BCUT2D eigenvalue weighted by Gasteiger charge is 2.13. The fourth-order valence-corrected chi connectivity index (χ4v) is 3.80. The molecule has 3 N–H and O–H groups in total. The van der Waals surface area contributed by atoms with Crippen LogP contribution in [0, 0.1) is 5.92 Å². The van der Waals surface area contributed by atoms with E-state index in [-0.39, 0.29) is 9.46 Å². The van der Waals surface area contributed by atoms with Crippen LogP contribution in [-0.2, 0) is 13.0 Å². The quantitative estimate of drug-likeness (QED) is 0.187. The minimum absolute atomic E-state index is 0. The fourth-order valence-electron chi connectivity index (χ4n) is 3.80. The van der Waals surface area contributed by atoms with Gasteiger partial charge in [-0.25, -0.2) is 0 Å². The summed E-state index contributed by atoms with van der Waals surface area (Å²) in [5.74, 6) is 0.861. The van der Waals surface area contributed by atoms with Crippen molar-refractivity contribution in [1.29, 1.82) is 0 Å². The smallest absolute Gasteiger partial charge is 0.0681 e. The first-order valence-corrected chi connectivity index (χ1v) is 16.4. The Morgan fingerprint density at radius 1 is 0.814 bits per heavy atom. The maximum Gasteiger partial charge on any atom is 0.0681 e. The Balaban J connectivity index is -0.000000103. The molecule has 2 aromatic rings. The van der Waals surface area contributed by atoms with Gasteiger partial charge in [0.05, 0.1) is 12.2 Å². The minimum atomic E-state index is -0.478. The summed E-state index contributed by atoms with van der Waals surface area (Å²) in [4.78, 5) is 0. The lowest BCUT2D eigenvalue weighted by Gasteiger charge is -2.15. The Morgan fingerprint density at radius 3 is 1.56 bits per heavy atom. The molecule has 1 saturated carbocycles. The first-order valence-electron chi connectivity index (χ1n) is 16.4. The molecule has 0 aliphatic heterocycles. The lowest BCUT2D eigenvalue weighted by molar-refractivity contribution is 0.0681. The van der Waals surface area contributed by atoms with Gasteiger partial charge in [0.25, 0.3) is 0 Å². The summed E-state index contributed by atoms with van der Waals surface area (Å²) in [6, 6.07) is 20.0. The van der Waals surface area contributed by atoms with Gasteiger partial charge in [0.2, 0.25) is 0 Å². The van der Waals surface area contributed by atoms with Gasteiger partial charge in [-0.2, -0.15) is 0 Å². The van der Waals surface area contributed by atoms with Gasteiger partial charge in [0, 0.05) is 9.46 Å².